The molecule has 1 aromatic heterocycles. The quantitative estimate of drug-likeness (QED) is 0.340. The number of benzene rings is 3. The summed E-state index contributed by atoms with van der Waals surface area (Å²) < 4.78 is 11.1. The summed E-state index contributed by atoms with van der Waals surface area (Å²) >= 11 is 0. The highest BCUT2D eigenvalue weighted by Crippen LogP contribution is 2.32. The van der Waals surface area contributed by atoms with Crippen molar-refractivity contribution in [1.29, 1.82) is 0 Å². The maximum Gasteiger partial charge on any atom is 0.317 e. The summed E-state index contributed by atoms with van der Waals surface area (Å²) in [6, 6.07) is 22.1. The average molecular weight is 472 g/mol. The fraction of sp³-hybridized carbons (Fsp3) is 0.250. The minimum atomic E-state index is -0.851. The Morgan fingerprint density at radius 2 is 1.77 bits per heavy atom. The standard InChI is InChI=1S/C28H29N3O4/c1-18-7-5-6-8-24(18)25-14-13-22(15-23(25)17-34-4)28-29-27(30-35-28)21-11-9-20(10-12-21)19(2)31(3)16-26(32)33/h5-15,19H,16-17H2,1-4H3,(H,32,33)/t19-/m0/s1. The van der Waals surface area contributed by atoms with Crippen molar-refractivity contribution in [1.82, 2.24) is 15.0 Å². The first-order chi connectivity index (χ1) is 16.9. The van der Waals surface area contributed by atoms with Crippen LogP contribution < -0.4 is 0 Å². The second-order valence-corrected chi connectivity index (χ2v) is 8.65. The van der Waals surface area contributed by atoms with Crippen LogP contribution >= 0.6 is 0 Å². The Morgan fingerprint density at radius 1 is 1.06 bits per heavy atom. The number of carboxylic acid groups (broad SMARTS) is 1. The fourth-order valence-electron chi connectivity index (χ4n) is 4.11. The number of ether oxygens (including phenoxy) is 1. The van der Waals surface area contributed by atoms with E-state index in [1.54, 1.807) is 19.1 Å². The number of methoxy groups -OCH3 is 1. The van der Waals surface area contributed by atoms with E-state index < -0.39 is 5.97 Å². The van der Waals surface area contributed by atoms with Gasteiger partial charge < -0.3 is 14.4 Å². The summed E-state index contributed by atoms with van der Waals surface area (Å²) in [5.41, 5.74) is 7.19. The molecule has 1 N–H and O–H groups in total. The first-order valence-electron chi connectivity index (χ1n) is 11.4. The maximum absolute atomic E-state index is 11.0. The Hall–Kier alpha value is -3.81. The fourth-order valence-corrected chi connectivity index (χ4v) is 4.11. The number of carboxylic acids is 1. The minimum Gasteiger partial charge on any atom is -0.480 e. The molecule has 4 aromatic rings. The van der Waals surface area contributed by atoms with Gasteiger partial charge in [0.25, 0.3) is 5.89 Å². The van der Waals surface area contributed by atoms with Gasteiger partial charge in [0.05, 0.1) is 13.2 Å². The van der Waals surface area contributed by atoms with Gasteiger partial charge in [-0.25, -0.2) is 0 Å². The van der Waals surface area contributed by atoms with Gasteiger partial charge in [0, 0.05) is 24.3 Å². The van der Waals surface area contributed by atoms with Crippen molar-refractivity contribution in [3.05, 3.63) is 83.4 Å². The molecular formula is C28H29N3O4. The Balaban J connectivity index is 1.58. The average Bonchev–Trinajstić information content (AvgIpc) is 3.34. The highest BCUT2D eigenvalue weighted by molar-refractivity contribution is 5.74. The summed E-state index contributed by atoms with van der Waals surface area (Å²) in [4.78, 5) is 17.4. The highest BCUT2D eigenvalue weighted by atomic mass is 16.5. The molecule has 0 aliphatic rings. The van der Waals surface area contributed by atoms with E-state index in [1.165, 1.54) is 11.1 Å². The largest absolute Gasteiger partial charge is 0.480 e. The van der Waals surface area contributed by atoms with Crippen molar-refractivity contribution in [3.63, 3.8) is 0 Å². The van der Waals surface area contributed by atoms with Crippen LogP contribution in [0.3, 0.4) is 0 Å². The molecule has 3 aromatic carbocycles. The first kappa shape index (κ1) is 24.3. The lowest BCUT2D eigenvalue weighted by Crippen LogP contribution is -2.28. The summed E-state index contributed by atoms with van der Waals surface area (Å²) in [5.74, 6) is 0.0811. The van der Waals surface area contributed by atoms with Crippen LogP contribution in [0.1, 0.15) is 29.7 Å². The minimum absolute atomic E-state index is 0.0230. The van der Waals surface area contributed by atoms with Gasteiger partial charge in [0.1, 0.15) is 0 Å². The van der Waals surface area contributed by atoms with Crippen molar-refractivity contribution in [2.45, 2.75) is 26.5 Å². The van der Waals surface area contributed by atoms with Crippen LogP contribution in [0.15, 0.2) is 71.3 Å². The zero-order valence-corrected chi connectivity index (χ0v) is 20.4. The third kappa shape index (κ3) is 5.48. The molecule has 1 heterocycles. The Labute approximate surface area is 205 Å². The number of aliphatic carboxylic acids is 1. The molecule has 180 valence electrons. The molecule has 7 nitrogen and oxygen atoms in total. The molecule has 0 aliphatic heterocycles. The number of carbonyl (C=O) groups is 1. The number of hydrogen-bond acceptors (Lipinski definition) is 6. The van der Waals surface area contributed by atoms with E-state index in [0.29, 0.717) is 18.3 Å². The van der Waals surface area contributed by atoms with E-state index in [2.05, 4.69) is 35.3 Å². The molecule has 0 amide bonds. The first-order valence-corrected chi connectivity index (χ1v) is 11.4. The van der Waals surface area contributed by atoms with Crippen LogP contribution in [0.25, 0.3) is 34.0 Å². The number of nitrogens with zero attached hydrogens (tertiary/aromatic N) is 3. The smallest absolute Gasteiger partial charge is 0.317 e. The summed E-state index contributed by atoms with van der Waals surface area (Å²) in [7, 11) is 3.48. The van der Waals surface area contributed by atoms with Crippen LogP contribution in [0.2, 0.25) is 0 Å². The SMILES string of the molecule is COCc1cc(-c2nc(-c3ccc([C@H](C)N(C)CC(=O)O)cc3)no2)ccc1-c1ccccc1C. The number of aromatic nitrogens is 2. The van der Waals surface area contributed by atoms with Crippen LogP contribution in [0, 0.1) is 6.92 Å². The lowest BCUT2D eigenvalue weighted by Gasteiger charge is -2.23. The van der Waals surface area contributed by atoms with E-state index in [0.717, 1.165) is 27.8 Å². The topological polar surface area (TPSA) is 88.7 Å². The normalized spacial score (nSPS) is 12.1. The van der Waals surface area contributed by atoms with Gasteiger partial charge in [0.2, 0.25) is 5.82 Å². The van der Waals surface area contributed by atoms with Crippen LogP contribution in [-0.2, 0) is 16.1 Å². The van der Waals surface area contributed by atoms with Gasteiger partial charge in [-0.2, -0.15) is 4.98 Å². The van der Waals surface area contributed by atoms with Gasteiger partial charge in [0.15, 0.2) is 0 Å². The van der Waals surface area contributed by atoms with Crippen molar-refractivity contribution in [2.75, 3.05) is 20.7 Å². The van der Waals surface area contributed by atoms with E-state index in [1.807, 2.05) is 55.5 Å². The van der Waals surface area contributed by atoms with E-state index >= 15 is 0 Å². The van der Waals surface area contributed by atoms with Crippen LogP contribution in [-0.4, -0.2) is 46.8 Å². The Morgan fingerprint density at radius 3 is 2.46 bits per heavy atom. The van der Waals surface area contributed by atoms with Gasteiger partial charge in [-0.1, -0.05) is 59.8 Å². The maximum atomic E-state index is 11.0. The molecule has 0 saturated carbocycles. The molecule has 0 aliphatic carbocycles. The highest BCUT2D eigenvalue weighted by Gasteiger charge is 2.17. The molecule has 0 bridgehead atoms. The molecule has 1 atom stereocenters. The molecule has 35 heavy (non-hydrogen) atoms. The van der Waals surface area contributed by atoms with Crippen molar-refractivity contribution in [3.8, 4) is 34.0 Å². The summed E-state index contributed by atoms with van der Waals surface area (Å²) in [6.45, 7) is 4.52. The molecule has 0 fully saturated rings. The zero-order chi connectivity index (χ0) is 24.9. The molecule has 0 saturated heterocycles. The second-order valence-electron chi connectivity index (χ2n) is 8.65. The Kier molecular flexibility index (Phi) is 7.39. The summed E-state index contributed by atoms with van der Waals surface area (Å²) in [5, 5.41) is 13.2. The third-order valence-electron chi connectivity index (χ3n) is 6.21. The Bertz CT molecular complexity index is 1310. The second kappa shape index (κ2) is 10.6. The number of aryl methyl sites for hydroxylation is 1. The van der Waals surface area contributed by atoms with Crippen molar-refractivity contribution >= 4 is 5.97 Å². The van der Waals surface area contributed by atoms with Gasteiger partial charge in [-0.15, -0.1) is 0 Å². The molecule has 4 rings (SSSR count). The number of likely N-dealkylation sites (N-methyl/N-ethyl adjacent to an activating group) is 1. The van der Waals surface area contributed by atoms with E-state index in [9.17, 15) is 4.79 Å². The van der Waals surface area contributed by atoms with Gasteiger partial charge in [-0.3, -0.25) is 9.69 Å². The molecular weight excluding hydrogens is 442 g/mol. The third-order valence-corrected chi connectivity index (χ3v) is 6.21. The van der Waals surface area contributed by atoms with Crippen molar-refractivity contribution < 1.29 is 19.2 Å². The van der Waals surface area contributed by atoms with E-state index in [-0.39, 0.29) is 12.6 Å². The van der Waals surface area contributed by atoms with E-state index in [4.69, 9.17) is 14.4 Å². The number of hydrogen-bond donors (Lipinski definition) is 1. The van der Waals surface area contributed by atoms with Crippen molar-refractivity contribution in [2.24, 2.45) is 0 Å². The molecule has 0 radical (unpaired) electrons. The monoisotopic (exact) mass is 471 g/mol. The lowest BCUT2D eigenvalue weighted by atomic mass is 9.94. The zero-order valence-electron chi connectivity index (χ0n) is 20.4. The predicted molar refractivity (Wildman–Crippen MR) is 135 cm³/mol. The van der Waals surface area contributed by atoms with Gasteiger partial charge in [-0.05, 0) is 60.8 Å². The van der Waals surface area contributed by atoms with Crippen LogP contribution in [0.4, 0.5) is 0 Å². The number of rotatable bonds is 9. The predicted octanol–water partition coefficient (Wildman–Crippen LogP) is 5.60. The molecule has 7 heteroatoms. The molecule has 0 spiro atoms. The van der Waals surface area contributed by atoms with Crippen LogP contribution in [0.5, 0.6) is 0 Å². The summed E-state index contributed by atoms with van der Waals surface area (Å²) in [6.07, 6.45) is 0. The molecule has 0 unspecified atom stereocenters. The lowest BCUT2D eigenvalue weighted by molar-refractivity contribution is -0.138. The van der Waals surface area contributed by atoms with Gasteiger partial charge >= 0.3 is 5.97 Å².